The summed E-state index contributed by atoms with van der Waals surface area (Å²) in [6, 6.07) is 23.3. The van der Waals surface area contributed by atoms with Gasteiger partial charge in [-0.2, -0.15) is 0 Å². The summed E-state index contributed by atoms with van der Waals surface area (Å²) in [6.07, 6.45) is 0.458. The van der Waals surface area contributed by atoms with E-state index in [0.29, 0.717) is 31.7 Å². The van der Waals surface area contributed by atoms with Crippen molar-refractivity contribution in [2.75, 3.05) is 6.61 Å². The predicted octanol–water partition coefficient (Wildman–Crippen LogP) is 4.67. The second-order valence-electron chi connectivity index (χ2n) is 8.75. The molecule has 0 saturated heterocycles. The van der Waals surface area contributed by atoms with E-state index in [0.717, 1.165) is 22.4 Å². The minimum absolute atomic E-state index is 0.133. The Morgan fingerprint density at radius 2 is 1.79 bits per heavy atom. The predicted molar refractivity (Wildman–Crippen MR) is 129 cm³/mol. The number of fused-ring (bicyclic) bond motifs is 1. The van der Waals surface area contributed by atoms with Crippen molar-refractivity contribution in [3.8, 4) is 5.75 Å². The monoisotopic (exact) mass is 442 g/mol. The van der Waals surface area contributed by atoms with Crippen LogP contribution in [0.2, 0.25) is 0 Å². The van der Waals surface area contributed by atoms with Gasteiger partial charge in [0.05, 0.1) is 6.61 Å². The van der Waals surface area contributed by atoms with Crippen LogP contribution in [-0.4, -0.2) is 28.9 Å². The lowest BCUT2D eigenvalue weighted by atomic mass is 9.82. The molecule has 0 radical (unpaired) electrons. The first-order valence-corrected chi connectivity index (χ1v) is 11.4. The molecule has 2 amide bonds. The van der Waals surface area contributed by atoms with E-state index in [9.17, 15) is 9.59 Å². The fourth-order valence-corrected chi connectivity index (χ4v) is 4.33. The Labute approximate surface area is 195 Å². The van der Waals surface area contributed by atoms with Gasteiger partial charge >= 0.3 is 0 Å². The van der Waals surface area contributed by atoms with Crippen LogP contribution in [0.1, 0.15) is 46.5 Å². The Morgan fingerprint density at radius 1 is 1.03 bits per heavy atom. The quantitative estimate of drug-likeness (QED) is 0.579. The van der Waals surface area contributed by atoms with Crippen LogP contribution in [0.15, 0.2) is 72.8 Å². The molecule has 4 rings (SSSR count). The third-order valence-electron chi connectivity index (χ3n) is 6.24. The zero-order valence-corrected chi connectivity index (χ0v) is 19.4. The molecule has 5 nitrogen and oxygen atoms in total. The Morgan fingerprint density at radius 3 is 2.55 bits per heavy atom. The van der Waals surface area contributed by atoms with Crippen molar-refractivity contribution >= 4 is 11.8 Å². The molecule has 33 heavy (non-hydrogen) atoms. The molecular formula is C28H30N2O3. The number of hydrogen-bond acceptors (Lipinski definition) is 3. The highest BCUT2D eigenvalue weighted by Gasteiger charge is 2.46. The van der Waals surface area contributed by atoms with Gasteiger partial charge in [0.15, 0.2) is 0 Å². The van der Waals surface area contributed by atoms with Crippen molar-refractivity contribution < 1.29 is 14.3 Å². The molecule has 1 heterocycles. The van der Waals surface area contributed by atoms with Crippen molar-refractivity contribution in [2.24, 2.45) is 0 Å². The average Bonchev–Trinajstić information content (AvgIpc) is 2.82. The van der Waals surface area contributed by atoms with Crippen LogP contribution in [-0.2, 0) is 24.3 Å². The summed E-state index contributed by atoms with van der Waals surface area (Å²) in [6.45, 7) is 7.14. The molecule has 0 spiro atoms. The van der Waals surface area contributed by atoms with Gasteiger partial charge in [-0.15, -0.1) is 0 Å². The number of benzene rings is 3. The van der Waals surface area contributed by atoms with E-state index in [1.165, 1.54) is 5.56 Å². The average molecular weight is 443 g/mol. The number of nitrogens with zero attached hydrogens (tertiary/aromatic N) is 1. The molecule has 3 aromatic rings. The van der Waals surface area contributed by atoms with Gasteiger partial charge in [0.1, 0.15) is 11.3 Å². The first-order valence-electron chi connectivity index (χ1n) is 11.4. The Hall–Kier alpha value is -3.60. The number of nitrogens with one attached hydrogen (secondary N) is 1. The Bertz CT molecular complexity index is 1160. The first-order chi connectivity index (χ1) is 15.9. The number of aryl methyl sites for hydroxylation is 1. The van der Waals surface area contributed by atoms with E-state index in [-0.39, 0.29) is 11.8 Å². The third kappa shape index (κ3) is 4.77. The normalized spacial score (nSPS) is 17.4. The molecule has 0 aliphatic carbocycles. The number of rotatable bonds is 7. The van der Waals surface area contributed by atoms with E-state index in [1.807, 2.05) is 93.6 Å². The van der Waals surface area contributed by atoms with Crippen molar-refractivity contribution in [1.29, 1.82) is 0 Å². The van der Waals surface area contributed by atoms with Crippen LogP contribution < -0.4 is 10.1 Å². The zero-order chi connectivity index (χ0) is 23.4. The van der Waals surface area contributed by atoms with Gasteiger partial charge < -0.3 is 15.0 Å². The van der Waals surface area contributed by atoms with Gasteiger partial charge in [-0.1, -0.05) is 60.2 Å². The highest BCUT2D eigenvalue weighted by Crippen LogP contribution is 2.33. The van der Waals surface area contributed by atoms with Gasteiger partial charge in [0.25, 0.3) is 5.91 Å². The van der Waals surface area contributed by atoms with Gasteiger partial charge in [-0.3, -0.25) is 9.59 Å². The Balaban J connectivity index is 1.63. The van der Waals surface area contributed by atoms with Crippen molar-refractivity contribution in [3.05, 3.63) is 101 Å². The van der Waals surface area contributed by atoms with E-state index in [4.69, 9.17) is 4.74 Å². The first kappa shape index (κ1) is 22.6. The minimum Gasteiger partial charge on any atom is -0.494 e. The lowest BCUT2D eigenvalue weighted by molar-refractivity contribution is -0.132. The molecule has 170 valence electrons. The van der Waals surface area contributed by atoms with Gasteiger partial charge in [-0.25, -0.2) is 0 Å². The summed E-state index contributed by atoms with van der Waals surface area (Å²) < 4.78 is 5.63. The number of amides is 2. The van der Waals surface area contributed by atoms with Gasteiger partial charge in [-0.05, 0) is 55.7 Å². The fraction of sp³-hybridized carbons (Fsp3) is 0.286. The lowest BCUT2D eigenvalue weighted by Crippen LogP contribution is -2.62. The molecule has 0 fully saturated rings. The number of carbonyl (C=O) groups is 2. The van der Waals surface area contributed by atoms with Crippen molar-refractivity contribution in [1.82, 2.24) is 10.2 Å². The molecule has 1 aliphatic rings. The molecule has 0 saturated carbocycles. The standard InChI is InChI=1S/C28H30N2O3/c1-4-33-24-10-7-8-22(16-24)19-30-26(31)25-11-6-5-9-23(25)17-28(30,3)27(32)29-18-21-14-12-20(2)13-15-21/h5-16H,4,17-19H2,1-3H3,(H,29,32)/t28-/m0/s1. The molecular weight excluding hydrogens is 412 g/mol. The molecule has 1 aliphatic heterocycles. The summed E-state index contributed by atoms with van der Waals surface area (Å²) in [5, 5.41) is 3.07. The second kappa shape index (κ2) is 9.49. The topological polar surface area (TPSA) is 58.6 Å². The van der Waals surface area contributed by atoms with Crippen molar-refractivity contribution in [3.63, 3.8) is 0 Å². The maximum Gasteiger partial charge on any atom is 0.255 e. The van der Waals surface area contributed by atoms with Crippen molar-refractivity contribution in [2.45, 2.75) is 45.8 Å². The van der Waals surface area contributed by atoms with Gasteiger partial charge in [0, 0.05) is 25.1 Å². The van der Waals surface area contributed by atoms with Crippen LogP contribution >= 0.6 is 0 Å². The highest BCUT2D eigenvalue weighted by molar-refractivity contribution is 6.02. The molecule has 5 heteroatoms. The lowest BCUT2D eigenvalue weighted by Gasteiger charge is -2.44. The summed E-state index contributed by atoms with van der Waals surface area (Å²) in [5.41, 5.74) is 3.66. The van der Waals surface area contributed by atoms with Crippen LogP contribution in [0.3, 0.4) is 0 Å². The smallest absolute Gasteiger partial charge is 0.255 e. The molecule has 1 atom stereocenters. The highest BCUT2D eigenvalue weighted by atomic mass is 16.5. The van der Waals surface area contributed by atoms with Crippen LogP contribution in [0, 0.1) is 6.92 Å². The SMILES string of the molecule is CCOc1cccc(CN2C(=O)c3ccccc3C[C@@]2(C)C(=O)NCc2ccc(C)cc2)c1. The van der Waals surface area contributed by atoms with Gasteiger partial charge in [0.2, 0.25) is 5.91 Å². The van der Waals surface area contributed by atoms with E-state index < -0.39 is 5.54 Å². The summed E-state index contributed by atoms with van der Waals surface area (Å²) >= 11 is 0. The van der Waals surface area contributed by atoms with E-state index >= 15 is 0 Å². The zero-order valence-electron chi connectivity index (χ0n) is 19.4. The molecule has 3 aromatic carbocycles. The molecule has 0 bridgehead atoms. The van der Waals surface area contributed by atoms with E-state index in [2.05, 4.69) is 5.32 Å². The Kier molecular flexibility index (Phi) is 6.50. The summed E-state index contributed by atoms with van der Waals surface area (Å²) in [7, 11) is 0. The number of ether oxygens (including phenoxy) is 1. The van der Waals surface area contributed by atoms with Crippen LogP contribution in [0.4, 0.5) is 0 Å². The van der Waals surface area contributed by atoms with Crippen LogP contribution in [0.25, 0.3) is 0 Å². The summed E-state index contributed by atoms with van der Waals surface area (Å²) in [4.78, 5) is 28.8. The summed E-state index contributed by atoms with van der Waals surface area (Å²) in [5.74, 6) is 0.462. The van der Waals surface area contributed by atoms with E-state index in [1.54, 1.807) is 4.90 Å². The third-order valence-corrected chi connectivity index (χ3v) is 6.24. The fourth-order valence-electron chi connectivity index (χ4n) is 4.33. The minimum atomic E-state index is -1.02. The molecule has 1 N–H and O–H groups in total. The number of carbonyl (C=O) groups excluding carboxylic acids is 2. The second-order valence-corrected chi connectivity index (χ2v) is 8.75. The number of hydrogen-bond donors (Lipinski definition) is 1. The largest absolute Gasteiger partial charge is 0.494 e. The maximum absolute atomic E-state index is 13.6. The van der Waals surface area contributed by atoms with Crippen LogP contribution in [0.5, 0.6) is 5.75 Å². The maximum atomic E-state index is 13.6. The molecule has 0 aromatic heterocycles. The molecule has 0 unspecified atom stereocenters.